The van der Waals surface area contributed by atoms with Gasteiger partial charge in [0, 0.05) is 23.9 Å². The molecule has 0 atom stereocenters. The number of anilines is 1. The van der Waals surface area contributed by atoms with E-state index in [0.717, 1.165) is 0 Å². The van der Waals surface area contributed by atoms with E-state index in [2.05, 4.69) is 10.0 Å². The first kappa shape index (κ1) is 22.8. The minimum Gasteiger partial charge on any atom is -0.493 e. The molecular formula is C23H21N3O5S. The maximum atomic E-state index is 12.5. The van der Waals surface area contributed by atoms with Crippen LogP contribution in [0.2, 0.25) is 0 Å². The van der Waals surface area contributed by atoms with Gasteiger partial charge in [0.15, 0.2) is 11.5 Å². The van der Waals surface area contributed by atoms with Gasteiger partial charge >= 0.3 is 0 Å². The van der Waals surface area contributed by atoms with E-state index in [1.807, 2.05) is 6.07 Å². The van der Waals surface area contributed by atoms with E-state index in [1.54, 1.807) is 54.6 Å². The monoisotopic (exact) mass is 451 g/mol. The molecule has 0 saturated heterocycles. The van der Waals surface area contributed by atoms with Crippen LogP contribution in [0.5, 0.6) is 11.5 Å². The summed E-state index contributed by atoms with van der Waals surface area (Å²) in [6, 6.07) is 19.4. The van der Waals surface area contributed by atoms with Crippen LogP contribution in [0.3, 0.4) is 0 Å². The zero-order valence-electron chi connectivity index (χ0n) is 17.5. The maximum Gasteiger partial charge on any atom is 0.255 e. The van der Waals surface area contributed by atoms with E-state index >= 15 is 0 Å². The number of sulfonamides is 1. The van der Waals surface area contributed by atoms with Crippen LogP contribution < -0.4 is 19.5 Å². The molecule has 164 valence electrons. The van der Waals surface area contributed by atoms with Gasteiger partial charge in [0.1, 0.15) is 6.07 Å². The standard InChI is InChI=1S/C23H21N3O5S/c1-30-20-12-11-19(13-21(20)31-2)26-23(27)17-9-7-16(8-10-17)15-25-32(28,29)22-6-4-3-5-18(22)14-24/h3-13,25H,15H2,1-2H3,(H,26,27). The van der Waals surface area contributed by atoms with Gasteiger partial charge in [-0.3, -0.25) is 4.79 Å². The second-order valence-corrected chi connectivity index (χ2v) is 8.39. The van der Waals surface area contributed by atoms with E-state index < -0.39 is 10.0 Å². The third-order valence-electron chi connectivity index (χ3n) is 4.62. The first-order valence-electron chi connectivity index (χ1n) is 9.49. The number of rotatable bonds is 8. The quantitative estimate of drug-likeness (QED) is 0.543. The summed E-state index contributed by atoms with van der Waals surface area (Å²) in [4.78, 5) is 12.5. The summed E-state index contributed by atoms with van der Waals surface area (Å²) < 4.78 is 37.9. The lowest BCUT2D eigenvalue weighted by molar-refractivity contribution is 0.102. The van der Waals surface area contributed by atoms with Crippen molar-refractivity contribution in [1.82, 2.24) is 4.72 Å². The molecule has 0 fully saturated rings. The molecule has 0 bridgehead atoms. The Hall–Kier alpha value is -3.87. The number of hydrogen-bond donors (Lipinski definition) is 2. The summed E-state index contributed by atoms with van der Waals surface area (Å²) in [6.45, 7) is 0.0136. The number of nitrogens with one attached hydrogen (secondary N) is 2. The number of nitrogens with zero attached hydrogens (tertiary/aromatic N) is 1. The van der Waals surface area contributed by atoms with Gasteiger partial charge in [0.2, 0.25) is 10.0 Å². The molecule has 0 radical (unpaired) electrons. The van der Waals surface area contributed by atoms with Crippen molar-refractivity contribution in [2.75, 3.05) is 19.5 Å². The van der Waals surface area contributed by atoms with Crippen LogP contribution >= 0.6 is 0 Å². The summed E-state index contributed by atoms with van der Waals surface area (Å²) >= 11 is 0. The lowest BCUT2D eigenvalue weighted by Crippen LogP contribution is -2.24. The van der Waals surface area contributed by atoms with Crippen LogP contribution in [0, 0.1) is 11.3 Å². The second kappa shape index (κ2) is 9.96. The van der Waals surface area contributed by atoms with Gasteiger partial charge in [-0.25, -0.2) is 13.1 Å². The number of carbonyl (C=O) groups excluding carboxylic acids is 1. The number of hydrogen-bond acceptors (Lipinski definition) is 6. The molecule has 0 aliphatic heterocycles. The number of nitriles is 1. The van der Waals surface area contributed by atoms with Gasteiger partial charge in [-0.05, 0) is 42.0 Å². The smallest absolute Gasteiger partial charge is 0.255 e. The first-order chi connectivity index (χ1) is 15.4. The van der Waals surface area contributed by atoms with Gasteiger partial charge in [-0.15, -0.1) is 0 Å². The topological polar surface area (TPSA) is 118 Å². The predicted octanol–water partition coefficient (Wildman–Crippen LogP) is 3.31. The van der Waals surface area contributed by atoms with Crippen molar-refractivity contribution in [3.63, 3.8) is 0 Å². The molecule has 1 amide bonds. The van der Waals surface area contributed by atoms with E-state index in [4.69, 9.17) is 14.7 Å². The number of methoxy groups -OCH3 is 2. The highest BCUT2D eigenvalue weighted by atomic mass is 32.2. The van der Waals surface area contributed by atoms with Gasteiger partial charge in [-0.1, -0.05) is 24.3 Å². The third-order valence-corrected chi connectivity index (χ3v) is 6.08. The van der Waals surface area contributed by atoms with Crippen LogP contribution in [-0.2, 0) is 16.6 Å². The molecule has 8 nitrogen and oxygen atoms in total. The minimum atomic E-state index is -3.85. The largest absolute Gasteiger partial charge is 0.493 e. The van der Waals surface area contributed by atoms with E-state index in [9.17, 15) is 13.2 Å². The van der Waals surface area contributed by atoms with Crippen molar-refractivity contribution >= 4 is 21.6 Å². The minimum absolute atomic E-state index is 0.0136. The lowest BCUT2D eigenvalue weighted by atomic mass is 10.1. The van der Waals surface area contributed by atoms with Crippen LogP contribution in [0.25, 0.3) is 0 Å². The molecule has 0 heterocycles. The van der Waals surface area contributed by atoms with Gasteiger partial charge in [-0.2, -0.15) is 5.26 Å². The highest BCUT2D eigenvalue weighted by Crippen LogP contribution is 2.29. The second-order valence-electron chi connectivity index (χ2n) is 6.65. The summed E-state index contributed by atoms with van der Waals surface area (Å²) in [6.07, 6.45) is 0. The Kier molecular flexibility index (Phi) is 7.10. The summed E-state index contributed by atoms with van der Waals surface area (Å²) in [5.74, 6) is 0.716. The van der Waals surface area contributed by atoms with Crippen molar-refractivity contribution < 1.29 is 22.7 Å². The molecule has 0 spiro atoms. The SMILES string of the molecule is COc1ccc(NC(=O)c2ccc(CNS(=O)(=O)c3ccccc3C#N)cc2)cc1OC. The van der Waals surface area contributed by atoms with E-state index in [-0.39, 0.29) is 22.9 Å². The molecule has 3 aromatic rings. The Labute approximate surface area is 186 Å². The van der Waals surface area contributed by atoms with Gasteiger partial charge in [0.25, 0.3) is 5.91 Å². The molecule has 9 heteroatoms. The average Bonchev–Trinajstić information content (AvgIpc) is 2.83. The Bertz CT molecular complexity index is 1270. The zero-order chi connectivity index (χ0) is 23.1. The van der Waals surface area contributed by atoms with Crippen LogP contribution in [0.4, 0.5) is 5.69 Å². The van der Waals surface area contributed by atoms with Crippen molar-refractivity contribution in [2.24, 2.45) is 0 Å². The fraction of sp³-hybridized carbons (Fsp3) is 0.130. The van der Waals surface area contributed by atoms with Crippen LogP contribution in [-0.4, -0.2) is 28.5 Å². The van der Waals surface area contributed by atoms with Crippen LogP contribution in [0.15, 0.2) is 71.6 Å². The number of amides is 1. The third kappa shape index (κ3) is 5.24. The highest BCUT2D eigenvalue weighted by Gasteiger charge is 2.18. The lowest BCUT2D eigenvalue weighted by Gasteiger charge is -2.11. The Morgan fingerprint density at radius 2 is 1.66 bits per heavy atom. The molecule has 0 aromatic heterocycles. The molecule has 3 rings (SSSR count). The van der Waals surface area contributed by atoms with E-state index in [1.165, 1.54) is 26.4 Å². The highest BCUT2D eigenvalue weighted by molar-refractivity contribution is 7.89. The molecule has 0 aliphatic rings. The van der Waals surface area contributed by atoms with Crippen molar-refractivity contribution in [1.29, 1.82) is 5.26 Å². The summed E-state index contributed by atoms with van der Waals surface area (Å²) in [5, 5.41) is 11.9. The molecule has 32 heavy (non-hydrogen) atoms. The maximum absolute atomic E-state index is 12.5. The average molecular weight is 452 g/mol. The van der Waals surface area contributed by atoms with Crippen molar-refractivity contribution in [3.8, 4) is 17.6 Å². The molecule has 0 unspecified atom stereocenters. The molecule has 0 saturated carbocycles. The Balaban J connectivity index is 1.66. The fourth-order valence-corrected chi connectivity index (χ4v) is 4.11. The van der Waals surface area contributed by atoms with Gasteiger partial charge < -0.3 is 14.8 Å². The summed E-state index contributed by atoms with van der Waals surface area (Å²) in [5.41, 5.74) is 1.68. The van der Waals surface area contributed by atoms with Crippen LogP contribution in [0.1, 0.15) is 21.5 Å². The predicted molar refractivity (Wildman–Crippen MR) is 119 cm³/mol. The molecule has 0 aliphatic carbocycles. The van der Waals surface area contributed by atoms with Crippen molar-refractivity contribution in [2.45, 2.75) is 11.4 Å². The molecule has 3 aromatic carbocycles. The summed E-state index contributed by atoms with van der Waals surface area (Å²) in [7, 11) is -0.818. The van der Waals surface area contributed by atoms with Crippen molar-refractivity contribution in [3.05, 3.63) is 83.4 Å². The zero-order valence-corrected chi connectivity index (χ0v) is 18.3. The Morgan fingerprint density at radius 3 is 2.31 bits per heavy atom. The van der Waals surface area contributed by atoms with E-state index in [0.29, 0.717) is 28.3 Å². The van der Waals surface area contributed by atoms with Gasteiger partial charge in [0.05, 0.1) is 24.7 Å². The fourth-order valence-electron chi connectivity index (χ4n) is 2.94. The molecular weight excluding hydrogens is 430 g/mol. The Morgan fingerprint density at radius 1 is 0.969 bits per heavy atom. The number of ether oxygens (including phenoxy) is 2. The number of carbonyl (C=O) groups is 1. The normalized spacial score (nSPS) is 10.8. The number of benzene rings is 3. The molecule has 2 N–H and O–H groups in total. The first-order valence-corrected chi connectivity index (χ1v) is 11.0.